The van der Waals surface area contributed by atoms with Crippen molar-refractivity contribution in [2.24, 2.45) is 0 Å². The van der Waals surface area contributed by atoms with E-state index >= 15 is 0 Å². The molecule has 0 saturated heterocycles. The first kappa shape index (κ1) is 49.9. The van der Waals surface area contributed by atoms with Crippen molar-refractivity contribution in [2.75, 3.05) is 14.7 Å². The molecule has 5 nitrogen and oxygen atoms in total. The second-order valence-electron chi connectivity index (χ2n) is 26.3. The fourth-order valence-electron chi connectivity index (χ4n) is 11.1. The monoisotopic (exact) mass is 985 g/mol. The smallest absolute Gasteiger partial charge is 0.252 e. The summed E-state index contributed by atoms with van der Waals surface area (Å²) in [6, 6.07) is 63.7. The van der Waals surface area contributed by atoms with E-state index in [1.54, 1.807) is 0 Å². The van der Waals surface area contributed by atoms with Gasteiger partial charge >= 0.3 is 0 Å². The van der Waals surface area contributed by atoms with E-state index < -0.39 is 0 Å². The van der Waals surface area contributed by atoms with E-state index in [2.05, 4.69) is 288 Å². The third-order valence-corrected chi connectivity index (χ3v) is 15.6. The predicted octanol–water partition coefficient (Wildman–Crippen LogP) is 17.5. The van der Waals surface area contributed by atoms with Crippen LogP contribution < -0.4 is 31.1 Å². The highest BCUT2D eigenvalue weighted by molar-refractivity contribution is 7.00. The standard InChI is InChI=1S/C69H73BN4O/c1-65(2,3)45-28-26-44(27-29-45)64-71-57-42-56-59(43-62(57)75-64)74(54-37-47(67(7,8)9)36-48(38-54)68(10,11)12)61-40-49(69(13,14)15)39-60-63(61)70(56)55-35-34-53(72(50-22-18-16-19-23-50)51-24-20-17-21-25-51)41-58(55)73(60)52-32-30-46(31-33-52)66(4,5)6/h16-43H,1-15H3. The maximum atomic E-state index is 6.91. The number of oxazole rings is 1. The Bertz CT molecular complexity index is 3540. The number of benzene rings is 8. The lowest BCUT2D eigenvalue weighted by Crippen LogP contribution is -2.61. The molecular weight excluding hydrogens is 912 g/mol. The van der Waals surface area contributed by atoms with Crippen molar-refractivity contribution in [1.82, 2.24) is 4.98 Å². The summed E-state index contributed by atoms with van der Waals surface area (Å²) in [7, 11) is 0. The van der Waals surface area contributed by atoms with Crippen LogP contribution >= 0.6 is 0 Å². The van der Waals surface area contributed by atoms with Crippen LogP contribution in [0.3, 0.4) is 0 Å². The normalized spacial score (nSPS) is 13.7. The van der Waals surface area contributed by atoms with Gasteiger partial charge < -0.3 is 19.1 Å². The number of hydrogen-bond donors (Lipinski definition) is 0. The van der Waals surface area contributed by atoms with Crippen LogP contribution in [0.1, 0.15) is 132 Å². The summed E-state index contributed by atoms with van der Waals surface area (Å²) < 4.78 is 6.91. The van der Waals surface area contributed by atoms with E-state index in [4.69, 9.17) is 9.40 Å². The topological polar surface area (TPSA) is 35.8 Å². The van der Waals surface area contributed by atoms with Crippen molar-refractivity contribution in [3.63, 3.8) is 0 Å². The van der Waals surface area contributed by atoms with E-state index in [0.717, 1.165) is 56.5 Å². The Morgan fingerprint density at radius 3 is 1.36 bits per heavy atom. The zero-order valence-corrected chi connectivity index (χ0v) is 46.9. The average Bonchev–Trinajstić information content (AvgIpc) is 3.81. The van der Waals surface area contributed by atoms with Crippen molar-refractivity contribution in [1.29, 1.82) is 0 Å². The zero-order chi connectivity index (χ0) is 53.1. The molecule has 11 rings (SSSR count). The van der Waals surface area contributed by atoms with E-state index in [0.29, 0.717) is 5.89 Å². The molecule has 0 amide bonds. The molecule has 378 valence electrons. The number of para-hydroxylation sites is 2. The first-order valence-corrected chi connectivity index (χ1v) is 27.0. The van der Waals surface area contributed by atoms with Crippen LogP contribution in [0.4, 0.5) is 51.2 Å². The summed E-state index contributed by atoms with van der Waals surface area (Å²) in [5.74, 6) is 0.623. The fourth-order valence-corrected chi connectivity index (χ4v) is 11.1. The number of nitrogens with zero attached hydrogens (tertiary/aromatic N) is 4. The Morgan fingerprint density at radius 1 is 0.387 bits per heavy atom. The molecule has 75 heavy (non-hydrogen) atoms. The number of anilines is 9. The fraction of sp³-hybridized carbons (Fsp3) is 0.290. The van der Waals surface area contributed by atoms with Gasteiger partial charge in [-0.25, -0.2) is 4.98 Å². The largest absolute Gasteiger partial charge is 0.436 e. The van der Waals surface area contributed by atoms with E-state index in [9.17, 15) is 0 Å². The van der Waals surface area contributed by atoms with Gasteiger partial charge in [0.2, 0.25) is 5.89 Å². The Morgan fingerprint density at radius 2 is 0.853 bits per heavy atom. The molecule has 0 aliphatic carbocycles. The van der Waals surface area contributed by atoms with Gasteiger partial charge in [0.05, 0.1) is 0 Å². The molecule has 9 aromatic rings. The van der Waals surface area contributed by atoms with Crippen LogP contribution in [0.2, 0.25) is 0 Å². The Kier molecular flexibility index (Phi) is 11.7. The van der Waals surface area contributed by atoms with Crippen LogP contribution in [0.25, 0.3) is 22.6 Å². The summed E-state index contributed by atoms with van der Waals surface area (Å²) in [5.41, 5.74) is 22.5. The van der Waals surface area contributed by atoms with Crippen LogP contribution in [0, 0.1) is 0 Å². The van der Waals surface area contributed by atoms with Gasteiger partial charge in [0.25, 0.3) is 6.71 Å². The first-order valence-electron chi connectivity index (χ1n) is 27.0. The molecule has 3 heterocycles. The molecule has 0 spiro atoms. The maximum absolute atomic E-state index is 6.91. The highest BCUT2D eigenvalue weighted by Crippen LogP contribution is 2.49. The summed E-state index contributed by atoms with van der Waals surface area (Å²) in [6.45, 7) is 34.5. The molecule has 8 aromatic carbocycles. The number of aromatic nitrogens is 1. The number of fused-ring (bicyclic) bond motifs is 5. The Labute approximate surface area is 447 Å². The lowest BCUT2D eigenvalue weighted by atomic mass is 9.33. The number of hydrogen-bond acceptors (Lipinski definition) is 5. The minimum Gasteiger partial charge on any atom is -0.436 e. The molecule has 0 unspecified atom stereocenters. The quantitative estimate of drug-likeness (QED) is 0.155. The first-order chi connectivity index (χ1) is 35.3. The summed E-state index contributed by atoms with van der Waals surface area (Å²) in [5, 5.41) is 0. The third kappa shape index (κ3) is 9.04. The molecule has 0 fully saturated rings. The summed E-state index contributed by atoms with van der Waals surface area (Å²) in [6.07, 6.45) is 0. The zero-order valence-electron chi connectivity index (χ0n) is 46.9. The van der Waals surface area contributed by atoms with Crippen molar-refractivity contribution < 1.29 is 4.42 Å². The Hall–Kier alpha value is -7.31. The van der Waals surface area contributed by atoms with Gasteiger partial charge in [-0.05, 0) is 162 Å². The molecular formula is C69H73BN4O. The van der Waals surface area contributed by atoms with Gasteiger partial charge in [0, 0.05) is 62.8 Å². The van der Waals surface area contributed by atoms with Crippen LogP contribution in [-0.2, 0) is 27.1 Å². The number of rotatable bonds is 6. The van der Waals surface area contributed by atoms with Gasteiger partial charge in [0.1, 0.15) is 5.52 Å². The van der Waals surface area contributed by atoms with Crippen LogP contribution in [-0.4, -0.2) is 11.7 Å². The lowest BCUT2D eigenvalue weighted by Gasteiger charge is -2.45. The van der Waals surface area contributed by atoms with Gasteiger partial charge in [-0.2, -0.15) is 0 Å². The third-order valence-electron chi connectivity index (χ3n) is 15.6. The average molecular weight is 985 g/mol. The molecule has 0 saturated carbocycles. The molecule has 2 aliphatic heterocycles. The predicted molar refractivity (Wildman–Crippen MR) is 322 cm³/mol. The van der Waals surface area contributed by atoms with Crippen LogP contribution in [0.15, 0.2) is 174 Å². The van der Waals surface area contributed by atoms with Crippen molar-refractivity contribution in [3.05, 3.63) is 198 Å². The SMILES string of the molecule is CC(C)(C)c1ccc(-c2nc3cc4c(cc3o2)N(c2cc(C(C)(C)C)cc(C(C)(C)C)c2)c2cc(C(C)(C)C)cc3c2B4c2ccc(N(c4ccccc4)c4ccccc4)cc2N3c2ccc(C(C)(C)C)cc2)cc1. The summed E-state index contributed by atoms with van der Waals surface area (Å²) in [4.78, 5) is 12.8. The van der Waals surface area contributed by atoms with Crippen molar-refractivity contribution in [2.45, 2.75) is 131 Å². The van der Waals surface area contributed by atoms with E-state index in [-0.39, 0.29) is 33.8 Å². The highest BCUT2D eigenvalue weighted by Gasteiger charge is 2.45. The summed E-state index contributed by atoms with van der Waals surface area (Å²) >= 11 is 0. The molecule has 0 N–H and O–H groups in total. The maximum Gasteiger partial charge on any atom is 0.252 e. The van der Waals surface area contributed by atoms with Crippen LogP contribution in [0.5, 0.6) is 0 Å². The minimum atomic E-state index is -0.190. The van der Waals surface area contributed by atoms with Crippen molar-refractivity contribution >= 4 is 85.4 Å². The second-order valence-corrected chi connectivity index (χ2v) is 26.3. The second kappa shape index (κ2) is 17.7. The molecule has 1 aromatic heterocycles. The Balaban J connectivity index is 1.25. The molecule has 0 bridgehead atoms. The molecule has 2 aliphatic rings. The van der Waals surface area contributed by atoms with Gasteiger partial charge in [-0.3, -0.25) is 0 Å². The molecule has 6 heteroatoms. The van der Waals surface area contributed by atoms with E-state index in [1.807, 2.05) is 0 Å². The van der Waals surface area contributed by atoms with Gasteiger partial charge in [-0.15, -0.1) is 0 Å². The lowest BCUT2D eigenvalue weighted by molar-refractivity contribution is 0.568. The molecule has 0 atom stereocenters. The van der Waals surface area contributed by atoms with Crippen molar-refractivity contribution in [3.8, 4) is 11.5 Å². The van der Waals surface area contributed by atoms with Gasteiger partial charge in [-0.1, -0.05) is 177 Å². The minimum absolute atomic E-state index is 0.00626. The highest BCUT2D eigenvalue weighted by atomic mass is 16.3. The molecule has 0 radical (unpaired) electrons. The van der Waals surface area contributed by atoms with Gasteiger partial charge in [0.15, 0.2) is 5.58 Å². The van der Waals surface area contributed by atoms with E-state index in [1.165, 1.54) is 55.6 Å².